The number of aromatic nitrogens is 1. The topological polar surface area (TPSA) is 54.0 Å². The highest BCUT2D eigenvalue weighted by atomic mass is 16.1. The Morgan fingerprint density at radius 2 is 2.22 bits per heavy atom. The van der Waals surface area contributed by atoms with Gasteiger partial charge in [0.1, 0.15) is 0 Å². The van der Waals surface area contributed by atoms with Crippen LogP contribution in [0, 0.1) is 0 Å². The number of rotatable bonds is 7. The molecule has 1 aromatic heterocycles. The Morgan fingerprint density at radius 1 is 1.39 bits per heavy atom. The minimum absolute atomic E-state index is 0.0296. The Balaban J connectivity index is 1.84. The maximum Gasteiger partial charge on any atom is 0.252 e. The van der Waals surface area contributed by atoms with Gasteiger partial charge < -0.3 is 10.6 Å². The lowest BCUT2D eigenvalue weighted by atomic mass is 10.2. The second kappa shape index (κ2) is 6.38. The van der Waals surface area contributed by atoms with E-state index in [1.54, 1.807) is 12.4 Å². The first-order valence-electron chi connectivity index (χ1n) is 6.79. The fourth-order valence-electron chi connectivity index (χ4n) is 1.79. The van der Waals surface area contributed by atoms with Gasteiger partial charge in [0.15, 0.2) is 0 Å². The van der Waals surface area contributed by atoms with E-state index in [0.717, 1.165) is 31.5 Å². The fraction of sp³-hybridized carbons (Fsp3) is 0.571. The summed E-state index contributed by atoms with van der Waals surface area (Å²) in [5.74, 6) is -0.0296. The van der Waals surface area contributed by atoms with Gasteiger partial charge >= 0.3 is 0 Å². The van der Waals surface area contributed by atoms with Gasteiger partial charge in [0, 0.05) is 25.0 Å². The zero-order chi connectivity index (χ0) is 12.8. The molecule has 0 saturated heterocycles. The number of nitrogens with zero attached hydrogens (tertiary/aromatic N) is 1. The summed E-state index contributed by atoms with van der Waals surface area (Å²) in [6.07, 6.45) is 9.18. The van der Waals surface area contributed by atoms with E-state index in [1.165, 1.54) is 12.8 Å². The SMILES string of the molecule is CCCCCNC(=O)c1cncc(NC2CC2)c1. The van der Waals surface area contributed by atoms with E-state index in [4.69, 9.17) is 0 Å². The van der Waals surface area contributed by atoms with E-state index in [-0.39, 0.29) is 5.91 Å². The molecule has 0 atom stereocenters. The first kappa shape index (κ1) is 12.9. The monoisotopic (exact) mass is 247 g/mol. The number of pyridine rings is 1. The van der Waals surface area contributed by atoms with Crippen LogP contribution in [0.2, 0.25) is 0 Å². The van der Waals surface area contributed by atoms with Crippen LogP contribution in [0.4, 0.5) is 5.69 Å². The fourth-order valence-corrected chi connectivity index (χ4v) is 1.79. The van der Waals surface area contributed by atoms with Gasteiger partial charge in [-0.1, -0.05) is 19.8 Å². The van der Waals surface area contributed by atoms with Crippen LogP contribution in [0.15, 0.2) is 18.5 Å². The minimum Gasteiger partial charge on any atom is -0.381 e. The Morgan fingerprint density at radius 3 is 2.94 bits per heavy atom. The predicted octanol–water partition coefficient (Wildman–Crippen LogP) is 2.58. The first-order chi connectivity index (χ1) is 8.79. The van der Waals surface area contributed by atoms with E-state index in [1.807, 2.05) is 6.07 Å². The Bertz CT molecular complexity index is 402. The number of hydrogen-bond acceptors (Lipinski definition) is 3. The molecule has 1 aliphatic carbocycles. The first-order valence-corrected chi connectivity index (χ1v) is 6.79. The number of nitrogens with one attached hydrogen (secondary N) is 2. The molecule has 1 heterocycles. The zero-order valence-electron chi connectivity index (χ0n) is 10.9. The third kappa shape index (κ3) is 4.02. The summed E-state index contributed by atoms with van der Waals surface area (Å²) in [5, 5.41) is 6.27. The van der Waals surface area contributed by atoms with Crippen molar-refractivity contribution < 1.29 is 4.79 Å². The van der Waals surface area contributed by atoms with Crippen LogP contribution in [0.5, 0.6) is 0 Å². The van der Waals surface area contributed by atoms with Gasteiger partial charge in [0.2, 0.25) is 0 Å². The highest BCUT2D eigenvalue weighted by Crippen LogP contribution is 2.24. The highest BCUT2D eigenvalue weighted by molar-refractivity contribution is 5.94. The van der Waals surface area contributed by atoms with E-state index >= 15 is 0 Å². The lowest BCUT2D eigenvalue weighted by molar-refractivity contribution is 0.0952. The van der Waals surface area contributed by atoms with Gasteiger partial charge in [-0.25, -0.2) is 0 Å². The molecule has 0 unspecified atom stereocenters. The Kier molecular flexibility index (Phi) is 4.56. The molecule has 1 aromatic rings. The van der Waals surface area contributed by atoms with Crippen molar-refractivity contribution in [2.24, 2.45) is 0 Å². The van der Waals surface area contributed by atoms with Gasteiger partial charge in [0.25, 0.3) is 5.91 Å². The molecule has 1 amide bonds. The summed E-state index contributed by atoms with van der Waals surface area (Å²) in [6.45, 7) is 2.89. The summed E-state index contributed by atoms with van der Waals surface area (Å²) in [6, 6.07) is 2.45. The van der Waals surface area contributed by atoms with Crippen molar-refractivity contribution in [3.8, 4) is 0 Å². The molecule has 0 aromatic carbocycles. The van der Waals surface area contributed by atoms with E-state index in [0.29, 0.717) is 11.6 Å². The van der Waals surface area contributed by atoms with Gasteiger partial charge in [0.05, 0.1) is 11.3 Å². The average molecular weight is 247 g/mol. The molecular weight excluding hydrogens is 226 g/mol. The maximum atomic E-state index is 11.9. The van der Waals surface area contributed by atoms with E-state index in [9.17, 15) is 4.79 Å². The number of unbranched alkanes of at least 4 members (excludes halogenated alkanes) is 2. The zero-order valence-corrected chi connectivity index (χ0v) is 10.9. The number of hydrogen-bond donors (Lipinski definition) is 2. The molecule has 1 aliphatic rings. The third-order valence-corrected chi connectivity index (χ3v) is 3.01. The standard InChI is InChI=1S/C14H21N3O/c1-2-3-4-7-16-14(18)11-8-13(10-15-9-11)17-12-5-6-12/h8-10,12,17H,2-7H2,1H3,(H,16,18). The third-order valence-electron chi connectivity index (χ3n) is 3.01. The lowest BCUT2D eigenvalue weighted by Gasteiger charge is -2.07. The summed E-state index contributed by atoms with van der Waals surface area (Å²) in [7, 11) is 0. The molecule has 0 bridgehead atoms. The van der Waals surface area contributed by atoms with Crippen molar-refractivity contribution in [2.75, 3.05) is 11.9 Å². The smallest absolute Gasteiger partial charge is 0.252 e. The van der Waals surface area contributed by atoms with Gasteiger partial charge in [-0.05, 0) is 25.3 Å². The molecule has 18 heavy (non-hydrogen) atoms. The predicted molar refractivity (Wildman–Crippen MR) is 72.7 cm³/mol. The molecule has 0 radical (unpaired) electrons. The van der Waals surface area contributed by atoms with Crippen LogP contribution in [0.1, 0.15) is 49.4 Å². The van der Waals surface area contributed by atoms with Crippen molar-refractivity contribution in [3.63, 3.8) is 0 Å². The summed E-state index contributed by atoms with van der Waals surface area (Å²) in [5.41, 5.74) is 1.58. The molecule has 1 fully saturated rings. The molecule has 0 spiro atoms. The molecule has 4 nitrogen and oxygen atoms in total. The van der Waals surface area contributed by atoms with Gasteiger partial charge in [-0.2, -0.15) is 0 Å². The van der Waals surface area contributed by atoms with Crippen molar-refractivity contribution in [3.05, 3.63) is 24.0 Å². The summed E-state index contributed by atoms with van der Waals surface area (Å²) < 4.78 is 0. The van der Waals surface area contributed by atoms with Crippen molar-refractivity contribution >= 4 is 11.6 Å². The minimum atomic E-state index is -0.0296. The van der Waals surface area contributed by atoms with Crippen LogP contribution in [0.25, 0.3) is 0 Å². The Hall–Kier alpha value is -1.58. The second-order valence-corrected chi connectivity index (χ2v) is 4.84. The highest BCUT2D eigenvalue weighted by Gasteiger charge is 2.21. The van der Waals surface area contributed by atoms with Crippen LogP contribution < -0.4 is 10.6 Å². The van der Waals surface area contributed by atoms with Crippen molar-refractivity contribution in [1.29, 1.82) is 0 Å². The van der Waals surface area contributed by atoms with Crippen LogP contribution in [-0.4, -0.2) is 23.5 Å². The summed E-state index contributed by atoms with van der Waals surface area (Å²) in [4.78, 5) is 16.0. The number of amides is 1. The van der Waals surface area contributed by atoms with Crippen LogP contribution in [-0.2, 0) is 0 Å². The van der Waals surface area contributed by atoms with Crippen molar-refractivity contribution in [2.45, 2.75) is 45.1 Å². The Labute approximate surface area is 108 Å². The largest absolute Gasteiger partial charge is 0.381 e. The normalized spacial score (nSPS) is 14.3. The second-order valence-electron chi connectivity index (χ2n) is 4.84. The molecule has 2 rings (SSSR count). The molecular formula is C14H21N3O. The number of carbonyl (C=O) groups is 1. The molecule has 1 saturated carbocycles. The maximum absolute atomic E-state index is 11.9. The van der Waals surface area contributed by atoms with Gasteiger partial charge in [-0.3, -0.25) is 9.78 Å². The van der Waals surface area contributed by atoms with E-state index in [2.05, 4.69) is 22.5 Å². The molecule has 98 valence electrons. The molecule has 4 heteroatoms. The van der Waals surface area contributed by atoms with E-state index < -0.39 is 0 Å². The van der Waals surface area contributed by atoms with Crippen molar-refractivity contribution in [1.82, 2.24) is 10.3 Å². The summed E-state index contributed by atoms with van der Waals surface area (Å²) >= 11 is 0. The quantitative estimate of drug-likeness (QED) is 0.728. The van der Waals surface area contributed by atoms with Gasteiger partial charge in [-0.15, -0.1) is 0 Å². The van der Waals surface area contributed by atoms with Crippen LogP contribution in [0.3, 0.4) is 0 Å². The number of carbonyl (C=O) groups excluding carboxylic acids is 1. The number of anilines is 1. The molecule has 0 aliphatic heterocycles. The lowest BCUT2D eigenvalue weighted by Crippen LogP contribution is -2.24. The average Bonchev–Trinajstić information content (AvgIpc) is 3.19. The van der Waals surface area contributed by atoms with Crippen LogP contribution >= 0.6 is 0 Å². The molecule has 2 N–H and O–H groups in total.